The number of halogens is 5. The van der Waals surface area contributed by atoms with Crippen molar-refractivity contribution in [3.8, 4) is 11.5 Å². The highest BCUT2D eigenvalue weighted by Crippen LogP contribution is 2.25. The number of carbonyl (C=O) groups is 2. The summed E-state index contributed by atoms with van der Waals surface area (Å²) >= 11 is 0. The third-order valence-electron chi connectivity index (χ3n) is 4.13. The van der Waals surface area contributed by atoms with Gasteiger partial charge < -0.3 is 25.7 Å². The van der Waals surface area contributed by atoms with Crippen LogP contribution in [0.2, 0.25) is 0 Å². The van der Waals surface area contributed by atoms with E-state index in [2.05, 4.69) is 5.32 Å². The molecule has 5 N–H and O–H groups in total. The summed E-state index contributed by atoms with van der Waals surface area (Å²) in [7, 11) is 0. The van der Waals surface area contributed by atoms with Crippen LogP contribution in [-0.2, 0) is 6.54 Å². The first-order valence-corrected chi connectivity index (χ1v) is 8.77. The highest BCUT2D eigenvalue weighted by molar-refractivity contribution is 5.92. The summed E-state index contributed by atoms with van der Waals surface area (Å²) in [6, 6.07) is 8.94. The minimum Gasteiger partial charge on any atom is -0.507 e. The van der Waals surface area contributed by atoms with Crippen LogP contribution in [0.3, 0.4) is 0 Å². The van der Waals surface area contributed by atoms with Crippen molar-refractivity contribution in [1.82, 2.24) is 0 Å². The molecule has 0 aliphatic heterocycles. The Kier molecular flexibility index (Phi) is 7.78. The van der Waals surface area contributed by atoms with Crippen molar-refractivity contribution >= 4 is 17.6 Å². The number of phenols is 2. The van der Waals surface area contributed by atoms with Crippen LogP contribution in [-0.4, -0.2) is 32.4 Å². The molecule has 3 aromatic carbocycles. The van der Waals surface area contributed by atoms with E-state index in [9.17, 15) is 36.6 Å². The van der Waals surface area contributed by atoms with Crippen molar-refractivity contribution in [3.63, 3.8) is 0 Å². The monoisotopic (exact) mass is 471 g/mol. The highest BCUT2D eigenvalue weighted by Gasteiger charge is 2.25. The molecule has 0 amide bonds. The third kappa shape index (κ3) is 5.67. The van der Waals surface area contributed by atoms with Crippen molar-refractivity contribution < 1.29 is 52.0 Å². The van der Waals surface area contributed by atoms with E-state index in [1.165, 1.54) is 18.2 Å². The van der Waals surface area contributed by atoms with Gasteiger partial charge in [-0.05, 0) is 30.3 Å². The molecule has 0 spiro atoms. The van der Waals surface area contributed by atoms with Crippen LogP contribution in [0.15, 0.2) is 42.5 Å². The fraction of sp³-hybridized carbons (Fsp3) is 0.0476. The summed E-state index contributed by atoms with van der Waals surface area (Å²) in [5, 5.41) is 37.8. The molecule has 0 atom stereocenters. The van der Waals surface area contributed by atoms with Gasteiger partial charge in [0.15, 0.2) is 23.3 Å². The summed E-state index contributed by atoms with van der Waals surface area (Å²) in [6.07, 6.45) is 0. The lowest BCUT2D eigenvalue weighted by Crippen LogP contribution is -2.11. The van der Waals surface area contributed by atoms with Gasteiger partial charge in [0.1, 0.15) is 22.6 Å². The Morgan fingerprint density at radius 2 is 1.18 bits per heavy atom. The van der Waals surface area contributed by atoms with Crippen molar-refractivity contribution in [2.45, 2.75) is 6.54 Å². The number of aromatic hydroxyl groups is 2. The molecule has 0 heterocycles. The van der Waals surface area contributed by atoms with Crippen LogP contribution in [0.5, 0.6) is 11.5 Å². The molecule has 0 aliphatic carbocycles. The molecule has 0 saturated carbocycles. The molecule has 3 rings (SSSR count). The second-order valence-corrected chi connectivity index (χ2v) is 6.26. The van der Waals surface area contributed by atoms with Gasteiger partial charge in [-0.3, -0.25) is 0 Å². The maximum Gasteiger partial charge on any atom is 0.339 e. The van der Waals surface area contributed by atoms with Crippen LogP contribution in [0.25, 0.3) is 0 Å². The minimum absolute atomic E-state index is 0.00383. The Balaban J connectivity index is 0.000000321. The maximum absolute atomic E-state index is 13.5. The fourth-order valence-corrected chi connectivity index (χ4v) is 2.47. The van der Waals surface area contributed by atoms with Crippen LogP contribution < -0.4 is 5.32 Å². The number of benzene rings is 3. The van der Waals surface area contributed by atoms with Gasteiger partial charge in [0.05, 0.1) is 0 Å². The summed E-state index contributed by atoms with van der Waals surface area (Å²) in [5.41, 5.74) is -1.65. The number of carboxylic acids is 2. The standard InChI is InChI=1S/C14H8F5NO3.C7H6O3/c15-9-7(10(16)12(18)13(19)11(9)17)4-20-5-1-2-8(21)6(3-5)14(22)23;8-6-4-2-1-3-5(6)7(9)10/h1-3,20-21H,4H2,(H,22,23);1-4,8H,(H,9,10). The van der Waals surface area contributed by atoms with Crippen molar-refractivity contribution in [3.05, 3.63) is 88.2 Å². The number of hydrogen-bond acceptors (Lipinski definition) is 5. The first kappa shape index (κ1) is 24.9. The molecule has 7 nitrogen and oxygen atoms in total. The van der Waals surface area contributed by atoms with Gasteiger partial charge in [-0.25, -0.2) is 31.5 Å². The van der Waals surface area contributed by atoms with Crippen LogP contribution >= 0.6 is 0 Å². The molecule has 0 saturated heterocycles. The molecular formula is C21H14F5NO6. The first-order chi connectivity index (χ1) is 15.5. The lowest BCUT2D eigenvalue weighted by molar-refractivity contribution is 0.0682. The average molecular weight is 471 g/mol. The van der Waals surface area contributed by atoms with Gasteiger partial charge in [-0.15, -0.1) is 0 Å². The van der Waals surface area contributed by atoms with E-state index in [1.54, 1.807) is 12.1 Å². The predicted molar refractivity (Wildman–Crippen MR) is 104 cm³/mol. The number of rotatable bonds is 5. The van der Waals surface area contributed by atoms with Crippen LogP contribution in [0.4, 0.5) is 27.6 Å². The van der Waals surface area contributed by atoms with Gasteiger partial charge in [0.2, 0.25) is 5.82 Å². The molecule has 0 fully saturated rings. The number of aromatic carboxylic acids is 2. The lowest BCUT2D eigenvalue weighted by atomic mass is 10.1. The normalized spacial score (nSPS) is 10.2. The Morgan fingerprint density at radius 1 is 0.697 bits per heavy atom. The summed E-state index contributed by atoms with van der Waals surface area (Å²) < 4.78 is 66.0. The quantitative estimate of drug-likeness (QED) is 0.161. The molecule has 12 heteroatoms. The van der Waals surface area contributed by atoms with Crippen molar-refractivity contribution in [1.29, 1.82) is 0 Å². The zero-order valence-electron chi connectivity index (χ0n) is 16.2. The van der Waals surface area contributed by atoms with Gasteiger partial charge in [0.25, 0.3) is 0 Å². The molecule has 0 aliphatic rings. The Labute approximate surface area is 182 Å². The zero-order chi connectivity index (χ0) is 24.9. The Bertz CT molecular complexity index is 1190. The lowest BCUT2D eigenvalue weighted by Gasteiger charge is -2.11. The number of carboxylic acid groups (broad SMARTS) is 2. The second-order valence-electron chi connectivity index (χ2n) is 6.26. The van der Waals surface area contributed by atoms with Crippen LogP contribution in [0, 0.1) is 29.1 Å². The molecular weight excluding hydrogens is 457 g/mol. The third-order valence-corrected chi connectivity index (χ3v) is 4.13. The van der Waals surface area contributed by atoms with Gasteiger partial charge in [0, 0.05) is 17.8 Å². The van der Waals surface area contributed by atoms with Gasteiger partial charge >= 0.3 is 11.9 Å². The molecule has 33 heavy (non-hydrogen) atoms. The number of para-hydroxylation sites is 1. The van der Waals surface area contributed by atoms with Crippen molar-refractivity contribution in [2.24, 2.45) is 0 Å². The molecule has 0 bridgehead atoms. The van der Waals surface area contributed by atoms with Gasteiger partial charge in [-0.2, -0.15) is 0 Å². The summed E-state index contributed by atoms with van der Waals surface area (Å²) in [6.45, 7) is -0.782. The van der Waals surface area contributed by atoms with E-state index >= 15 is 0 Å². The molecule has 0 unspecified atom stereocenters. The Hall–Kier alpha value is -4.35. The number of anilines is 1. The van der Waals surface area contributed by atoms with E-state index in [0.29, 0.717) is 0 Å². The van der Waals surface area contributed by atoms with E-state index in [4.69, 9.17) is 15.3 Å². The zero-order valence-corrected chi connectivity index (χ0v) is 16.2. The predicted octanol–water partition coefficient (Wildman–Crippen LogP) is 4.49. The summed E-state index contributed by atoms with van der Waals surface area (Å²) in [5.74, 6) is -13.7. The summed E-state index contributed by atoms with van der Waals surface area (Å²) in [4.78, 5) is 21.1. The Morgan fingerprint density at radius 3 is 1.67 bits per heavy atom. The SMILES string of the molecule is O=C(O)c1cc(NCc2c(F)c(F)c(F)c(F)c2F)ccc1O.O=C(O)c1ccccc1O. The fourth-order valence-electron chi connectivity index (χ4n) is 2.47. The second kappa shape index (κ2) is 10.3. The maximum atomic E-state index is 13.5. The molecule has 3 aromatic rings. The van der Waals surface area contributed by atoms with Gasteiger partial charge in [-0.1, -0.05) is 12.1 Å². The first-order valence-electron chi connectivity index (χ1n) is 8.77. The van der Waals surface area contributed by atoms with E-state index in [-0.39, 0.29) is 17.0 Å². The molecule has 174 valence electrons. The smallest absolute Gasteiger partial charge is 0.339 e. The van der Waals surface area contributed by atoms with Crippen molar-refractivity contribution in [2.75, 3.05) is 5.32 Å². The largest absolute Gasteiger partial charge is 0.507 e. The molecule has 0 aromatic heterocycles. The number of nitrogens with one attached hydrogen (secondary N) is 1. The number of hydrogen-bond donors (Lipinski definition) is 5. The van der Waals surface area contributed by atoms with E-state index in [0.717, 1.165) is 12.1 Å². The van der Waals surface area contributed by atoms with E-state index < -0.39 is 64.4 Å². The minimum atomic E-state index is -2.26. The van der Waals surface area contributed by atoms with Crippen LogP contribution in [0.1, 0.15) is 26.3 Å². The average Bonchev–Trinajstić information content (AvgIpc) is 2.77. The molecule has 0 radical (unpaired) electrons. The topological polar surface area (TPSA) is 127 Å². The highest BCUT2D eigenvalue weighted by atomic mass is 19.2. The van der Waals surface area contributed by atoms with E-state index in [1.807, 2.05) is 0 Å².